The zero-order valence-corrected chi connectivity index (χ0v) is 12.6. The smallest absolute Gasteiger partial charge is 0.246 e. The summed E-state index contributed by atoms with van der Waals surface area (Å²) in [5, 5.41) is 3.01. The molecule has 1 N–H and O–H groups in total. The molecule has 2 saturated carbocycles. The Morgan fingerprint density at radius 1 is 1.30 bits per heavy atom. The molecule has 1 heterocycles. The van der Waals surface area contributed by atoms with Gasteiger partial charge < -0.3 is 10.2 Å². The summed E-state index contributed by atoms with van der Waals surface area (Å²) in [6.45, 7) is 6.56. The minimum absolute atomic E-state index is 0.0543. The van der Waals surface area contributed by atoms with Crippen LogP contribution in [-0.2, 0) is 9.59 Å². The van der Waals surface area contributed by atoms with Gasteiger partial charge in [-0.3, -0.25) is 9.59 Å². The number of nitrogens with zero attached hydrogens (tertiary/aromatic N) is 1. The third-order valence-electron chi connectivity index (χ3n) is 4.99. The summed E-state index contributed by atoms with van der Waals surface area (Å²) in [4.78, 5) is 27.3. The van der Waals surface area contributed by atoms with Crippen molar-refractivity contribution in [2.24, 2.45) is 11.8 Å². The quantitative estimate of drug-likeness (QED) is 0.797. The zero-order chi connectivity index (χ0) is 14.5. The Kier molecular flexibility index (Phi) is 3.14. The highest BCUT2D eigenvalue weighted by Gasteiger charge is 2.58. The van der Waals surface area contributed by atoms with Crippen molar-refractivity contribution in [2.75, 3.05) is 6.54 Å². The van der Waals surface area contributed by atoms with Gasteiger partial charge in [-0.15, -0.1) is 0 Å². The Labute approximate surface area is 120 Å². The minimum Gasteiger partial charge on any atom is -0.342 e. The first-order chi connectivity index (χ1) is 9.44. The third-order valence-corrected chi connectivity index (χ3v) is 4.99. The van der Waals surface area contributed by atoms with Gasteiger partial charge in [-0.1, -0.05) is 11.6 Å². The Hall–Kier alpha value is -1.32. The summed E-state index contributed by atoms with van der Waals surface area (Å²) < 4.78 is 0. The second kappa shape index (κ2) is 4.61. The summed E-state index contributed by atoms with van der Waals surface area (Å²) in [6, 6.07) is -0.278. The van der Waals surface area contributed by atoms with E-state index in [0.717, 1.165) is 25.7 Å². The predicted octanol–water partition coefficient (Wildman–Crippen LogP) is 1.86. The molecular formula is C16H24N2O2. The van der Waals surface area contributed by atoms with Gasteiger partial charge in [0.05, 0.1) is 0 Å². The van der Waals surface area contributed by atoms with E-state index < -0.39 is 5.54 Å². The molecular weight excluding hydrogens is 252 g/mol. The summed E-state index contributed by atoms with van der Waals surface area (Å²) >= 11 is 0. The number of rotatable bonds is 4. The van der Waals surface area contributed by atoms with Crippen LogP contribution in [-0.4, -0.2) is 34.8 Å². The molecule has 2 amide bonds. The zero-order valence-electron chi connectivity index (χ0n) is 12.6. The Morgan fingerprint density at radius 2 is 1.95 bits per heavy atom. The van der Waals surface area contributed by atoms with E-state index in [0.29, 0.717) is 18.4 Å². The van der Waals surface area contributed by atoms with Crippen LogP contribution in [0.3, 0.4) is 0 Å². The van der Waals surface area contributed by atoms with Crippen molar-refractivity contribution in [1.82, 2.24) is 10.2 Å². The molecule has 1 saturated heterocycles. The normalized spacial score (nSPS) is 34.0. The summed E-state index contributed by atoms with van der Waals surface area (Å²) in [5.41, 5.74) is 0.541. The van der Waals surface area contributed by atoms with E-state index >= 15 is 0 Å². The fourth-order valence-corrected chi connectivity index (χ4v) is 3.22. The van der Waals surface area contributed by atoms with Crippen LogP contribution in [0.15, 0.2) is 11.6 Å². The van der Waals surface area contributed by atoms with Gasteiger partial charge in [0.25, 0.3) is 0 Å². The van der Waals surface area contributed by atoms with Gasteiger partial charge in [0.1, 0.15) is 11.6 Å². The molecule has 0 spiro atoms. The van der Waals surface area contributed by atoms with Crippen LogP contribution in [0.1, 0.15) is 46.5 Å². The summed E-state index contributed by atoms with van der Waals surface area (Å²) in [7, 11) is 0. The highest BCUT2D eigenvalue weighted by Crippen LogP contribution is 2.46. The fraction of sp³-hybridized carbons (Fsp3) is 0.750. The largest absolute Gasteiger partial charge is 0.342 e. The van der Waals surface area contributed by atoms with Gasteiger partial charge in [0.2, 0.25) is 11.8 Å². The molecule has 2 atom stereocenters. The van der Waals surface area contributed by atoms with Crippen molar-refractivity contribution in [1.29, 1.82) is 0 Å². The van der Waals surface area contributed by atoms with Gasteiger partial charge in [-0.2, -0.15) is 0 Å². The number of piperazine rings is 1. The average Bonchev–Trinajstić information content (AvgIpc) is 3.26. The van der Waals surface area contributed by atoms with E-state index in [-0.39, 0.29) is 17.9 Å². The molecule has 4 heteroatoms. The lowest BCUT2D eigenvalue weighted by molar-refractivity contribution is -0.157. The van der Waals surface area contributed by atoms with E-state index in [1.807, 2.05) is 25.7 Å². The molecule has 3 fully saturated rings. The fourth-order valence-electron chi connectivity index (χ4n) is 3.22. The average molecular weight is 276 g/mol. The molecule has 3 aliphatic rings. The van der Waals surface area contributed by atoms with Gasteiger partial charge in [0.15, 0.2) is 0 Å². The van der Waals surface area contributed by atoms with Crippen molar-refractivity contribution in [2.45, 2.75) is 58.0 Å². The number of amides is 2. The Bertz CT molecular complexity index is 473. The molecule has 2 aliphatic carbocycles. The molecule has 1 aliphatic heterocycles. The van der Waals surface area contributed by atoms with Gasteiger partial charge in [0, 0.05) is 6.54 Å². The first kappa shape index (κ1) is 13.7. The summed E-state index contributed by atoms with van der Waals surface area (Å²) in [5.74, 6) is 0.874. The highest BCUT2D eigenvalue weighted by molar-refractivity contribution is 6.00. The van der Waals surface area contributed by atoms with Crippen LogP contribution in [0.2, 0.25) is 0 Å². The maximum atomic E-state index is 12.8. The molecule has 0 aromatic rings. The van der Waals surface area contributed by atoms with E-state index in [1.54, 1.807) is 0 Å². The number of allylic oxidation sites excluding steroid dienone is 1. The predicted molar refractivity (Wildman–Crippen MR) is 76.9 cm³/mol. The maximum Gasteiger partial charge on any atom is 0.246 e. The molecule has 4 nitrogen and oxygen atoms in total. The molecule has 0 aromatic heterocycles. The van der Waals surface area contributed by atoms with Crippen LogP contribution in [0.25, 0.3) is 0 Å². The molecule has 2 unspecified atom stereocenters. The monoisotopic (exact) mass is 276 g/mol. The number of carbonyl (C=O) groups is 2. The molecule has 20 heavy (non-hydrogen) atoms. The second-order valence-electron chi connectivity index (χ2n) is 6.94. The number of hydrogen-bond donors (Lipinski definition) is 1. The number of carbonyl (C=O) groups excluding carboxylic acids is 2. The van der Waals surface area contributed by atoms with Crippen LogP contribution >= 0.6 is 0 Å². The van der Waals surface area contributed by atoms with Crippen molar-refractivity contribution in [3.05, 3.63) is 11.6 Å². The van der Waals surface area contributed by atoms with Crippen molar-refractivity contribution in [3.8, 4) is 0 Å². The van der Waals surface area contributed by atoms with E-state index in [2.05, 4.69) is 11.4 Å². The van der Waals surface area contributed by atoms with Gasteiger partial charge in [-0.25, -0.2) is 0 Å². The van der Waals surface area contributed by atoms with Crippen molar-refractivity contribution < 1.29 is 9.59 Å². The molecule has 3 rings (SSSR count). The first-order valence-electron chi connectivity index (χ1n) is 7.70. The van der Waals surface area contributed by atoms with Crippen LogP contribution in [0.5, 0.6) is 0 Å². The SMILES string of the molecule is CC(C)=CCN1C(=O)C(C2CC2)NC(=O)C1(C)C1CC1. The topological polar surface area (TPSA) is 49.4 Å². The lowest BCUT2D eigenvalue weighted by atomic mass is 9.87. The van der Waals surface area contributed by atoms with Crippen LogP contribution < -0.4 is 5.32 Å². The van der Waals surface area contributed by atoms with Crippen molar-refractivity contribution >= 4 is 11.8 Å². The van der Waals surface area contributed by atoms with E-state index in [1.165, 1.54) is 5.57 Å². The molecule has 110 valence electrons. The van der Waals surface area contributed by atoms with Gasteiger partial charge >= 0.3 is 0 Å². The van der Waals surface area contributed by atoms with Crippen LogP contribution in [0, 0.1) is 11.8 Å². The molecule has 0 aromatic carbocycles. The molecule has 0 bridgehead atoms. The number of hydrogen-bond acceptors (Lipinski definition) is 2. The summed E-state index contributed by atoms with van der Waals surface area (Å²) in [6.07, 6.45) is 6.29. The van der Waals surface area contributed by atoms with Crippen LogP contribution in [0.4, 0.5) is 0 Å². The lowest BCUT2D eigenvalue weighted by Crippen LogP contribution is -2.70. The Balaban J connectivity index is 1.89. The minimum atomic E-state index is -0.644. The van der Waals surface area contributed by atoms with Crippen molar-refractivity contribution in [3.63, 3.8) is 0 Å². The second-order valence-corrected chi connectivity index (χ2v) is 6.94. The van der Waals surface area contributed by atoms with E-state index in [9.17, 15) is 9.59 Å². The first-order valence-corrected chi connectivity index (χ1v) is 7.70. The van der Waals surface area contributed by atoms with E-state index in [4.69, 9.17) is 0 Å². The lowest BCUT2D eigenvalue weighted by Gasteiger charge is -2.46. The maximum absolute atomic E-state index is 12.8. The van der Waals surface area contributed by atoms with Gasteiger partial charge in [-0.05, 0) is 58.3 Å². The Morgan fingerprint density at radius 3 is 2.45 bits per heavy atom. The standard InChI is InChI=1S/C16H24N2O2/c1-10(2)8-9-18-14(19)13(11-4-5-11)17-15(20)16(18,3)12-6-7-12/h8,11-13H,4-7,9H2,1-3H3,(H,17,20). The molecule has 0 radical (unpaired) electrons. The third kappa shape index (κ3) is 2.15. The highest BCUT2D eigenvalue weighted by atomic mass is 16.2. The number of nitrogens with one attached hydrogen (secondary N) is 1.